The van der Waals surface area contributed by atoms with Crippen molar-refractivity contribution in [2.45, 2.75) is 24.3 Å². The molecule has 5 nitrogen and oxygen atoms in total. The number of aliphatic hydroxyl groups excluding tert-OH is 4. The first kappa shape index (κ1) is 8.89. The normalized spacial score (nSPS) is 39.8. The van der Waals surface area contributed by atoms with Crippen LogP contribution in [0.3, 0.4) is 0 Å². The minimum absolute atomic E-state index is 0.157. The van der Waals surface area contributed by atoms with E-state index >= 15 is 0 Å². The van der Waals surface area contributed by atoms with E-state index in [2.05, 4.69) is 5.32 Å². The topological polar surface area (TPSA) is 93.0 Å². The van der Waals surface area contributed by atoms with E-state index in [1.54, 1.807) is 0 Å². The lowest BCUT2D eigenvalue weighted by Crippen LogP contribution is -2.71. The molecule has 0 aromatic carbocycles. The minimum atomic E-state index is -0.951. The second-order valence-electron chi connectivity index (χ2n) is 2.72. The lowest BCUT2D eigenvalue weighted by molar-refractivity contribution is -0.0778. The number of nitrogens with one attached hydrogen (secondary N) is 1. The van der Waals surface area contributed by atoms with Gasteiger partial charge in [-0.05, 0) is 0 Å². The smallest absolute Gasteiger partial charge is 0.0949 e. The second-order valence-corrected chi connectivity index (χ2v) is 2.72. The average Bonchev–Trinajstić information content (AvgIpc) is 2.02. The SMILES string of the molecule is OC[C@@H]1N[C@H]([C@@H](O)CO)[C@@H]1O. The summed E-state index contributed by atoms with van der Waals surface area (Å²) in [7, 11) is 0. The highest BCUT2D eigenvalue weighted by Gasteiger charge is 2.42. The Morgan fingerprint density at radius 1 is 1.36 bits per heavy atom. The summed E-state index contributed by atoms with van der Waals surface area (Å²) in [4.78, 5) is 0. The third-order valence-electron chi connectivity index (χ3n) is 1.99. The molecule has 5 heteroatoms. The van der Waals surface area contributed by atoms with Gasteiger partial charge in [0.25, 0.3) is 0 Å². The van der Waals surface area contributed by atoms with Crippen LogP contribution in [0.15, 0.2) is 0 Å². The third kappa shape index (κ3) is 1.52. The summed E-state index contributed by atoms with van der Waals surface area (Å²) in [6.07, 6.45) is -1.71. The molecule has 0 aliphatic carbocycles. The maximum Gasteiger partial charge on any atom is 0.0949 e. The van der Waals surface area contributed by atoms with Crippen LogP contribution in [0.1, 0.15) is 0 Å². The average molecular weight is 163 g/mol. The Balaban J connectivity index is 2.32. The molecule has 1 fully saturated rings. The first-order chi connectivity index (χ1) is 5.20. The molecule has 0 radical (unpaired) electrons. The Labute approximate surface area is 64.3 Å². The van der Waals surface area contributed by atoms with Gasteiger partial charge in [0.1, 0.15) is 0 Å². The molecule has 5 N–H and O–H groups in total. The van der Waals surface area contributed by atoms with E-state index in [-0.39, 0.29) is 19.3 Å². The van der Waals surface area contributed by atoms with Crippen LogP contribution in [0.4, 0.5) is 0 Å². The van der Waals surface area contributed by atoms with Crippen LogP contribution < -0.4 is 5.32 Å². The van der Waals surface area contributed by atoms with Crippen molar-refractivity contribution < 1.29 is 20.4 Å². The maximum atomic E-state index is 9.18. The van der Waals surface area contributed by atoms with E-state index in [1.807, 2.05) is 0 Å². The molecular formula is C6H13NO4. The van der Waals surface area contributed by atoms with Crippen molar-refractivity contribution in [3.8, 4) is 0 Å². The number of aliphatic hydroxyl groups is 4. The van der Waals surface area contributed by atoms with Crippen LogP contribution in [-0.2, 0) is 0 Å². The predicted octanol–water partition coefficient (Wildman–Crippen LogP) is -2.97. The van der Waals surface area contributed by atoms with Gasteiger partial charge < -0.3 is 25.7 Å². The van der Waals surface area contributed by atoms with Crippen LogP contribution in [0.25, 0.3) is 0 Å². The van der Waals surface area contributed by atoms with E-state index in [1.165, 1.54) is 0 Å². The standard InChI is InChI=1S/C6H13NO4/c8-1-3-6(11)5(7-3)4(10)2-9/h3-11H,1-2H2/t3-,4-,5+,6+/m0/s1. The van der Waals surface area contributed by atoms with Gasteiger partial charge in [-0.15, -0.1) is 0 Å². The van der Waals surface area contributed by atoms with E-state index in [9.17, 15) is 5.11 Å². The van der Waals surface area contributed by atoms with Crippen molar-refractivity contribution >= 4 is 0 Å². The summed E-state index contributed by atoms with van der Waals surface area (Å²) in [5.41, 5.74) is 0. The van der Waals surface area contributed by atoms with Gasteiger partial charge in [0.05, 0.1) is 37.5 Å². The highest BCUT2D eigenvalue weighted by Crippen LogP contribution is 2.15. The van der Waals surface area contributed by atoms with E-state index < -0.39 is 18.2 Å². The first-order valence-corrected chi connectivity index (χ1v) is 3.54. The lowest BCUT2D eigenvalue weighted by Gasteiger charge is -2.43. The Morgan fingerprint density at radius 3 is 2.36 bits per heavy atom. The van der Waals surface area contributed by atoms with Crippen LogP contribution in [0.5, 0.6) is 0 Å². The fourth-order valence-electron chi connectivity index (χ4n) is 1.19. The molecule has 1 aliphatic heterocycles. The van der Waals surface area contributed by atoms with Crippen molar-refractivity contribution in [3.05, 3.63) is 0 Å². The summed E-state index contributed by atoms with van der Waals surface area (Å²) in [6, 6.07) is -0.863. The quantitative estimate of drug-likeness (QED) is 0.306. The molecule has 0 amide bonds. The molecule has 0 unspecified atom stereocenters. The summed E-state index contributed by atoms with van der Waals surface area (Å²) in [5.74, 6) is 0. The molecule has 0 spiro atoms. The number of rotatable bonds is 3. The molecule has 0 aromatic heterocycles. The zero-order valence-electron chi connectivity index (χ0n) is 6.01. The van der Waals surface area contributed by atoms with Gasteiger partial charge in [0.2, 0.25) is 0 Å². The Morgan fingerprint density at radius 2 is 2.00 bits per heavy atom. The molecule has 1 heterocycles. The molecule has 1 rings (SSSR count). The van der Waals surface area contributed by atoms with Crippen LogP contribution in [0, 0.1) is 0 Å². The summed E-state index contributed by atoms with van der Waals surface area (Å²) in [6.45, 7) is -0.539. The van der Waals surface area contributed by atoms with Crippen LogP contribution in [0.2, 0.25) is 0 Å². The monoisotopic (exact) mass is 163 g/mol. The van der Waals surface area contributed by atoms with Crippen molar-refractivity contribution in [3.63, 3.8) is 0 Å². The van der Waals surface area contributed by atoms with E-state index in [0.29, 0.717) is 0 Å². The van der Waals surface area contributed by atoms with Gasteiger partial charge in [0.15, 0.2) is 0 Å². The zero-order valence-corrected chi connectivity index (χ0v) is 6.01. The highest BCUT2D eigenvalue weighted by molar-refractivity contribution is 5.01. The molecule has 0 bridgehead atoms. The van der Waals surface area contributed by atoms with E-state index in [0.717, 1.165) is 0 Å². The van der Waals surface area contributed by atoms with Gasteiger partial charge in [-0.25, -0.2) is 0 Å². The fourth-order valence-corrected chi connectivity index (χ4v) is 1.19. The first-order valence-electron chi connectivity index (χ1n) is 3.54. The van der Waals surface area contributed by atoms with Gasteiger partial charge in [-0.1, -0.05) is 0 Å². The van der Waals surface area contributed by atoms with Gasteiger partial charge in [-0.2, -0.15) is 0 Å². The largest absolute Gasteiger partial charge is 0.395 e. The van der Waals surface area contributed by atoms with Gasteiger partial charge >= 0.3 is 0 Å². The molecule has 0 aromatic rings. The molecule has 66 valence electrons. The van der Waals surface area contributed by atoms with Crippen molar-refractivity contribution in [1.29, 1.82) is 0 Å². The molecule has 0 saturated carbocycles. The predicted molar refractivity (Wildman–Crippen MR) is 36.9 cm³/mol. The second kappa shape index (κ2) is 3.46. The van der Waals surface area contributed by atoms with Crippen LogP contribution >= 0.6 is 0 Å². The lowest BCUT2D eigenvalue weighted by atomic mass is 9.89. The molecule has 11 heavy (non-hydrogen) atoms. The highest BCUT2D eigenvalue weighted by atomic mass is 16.3. The summed E-state index contributed by atoms with van der Waals surface area (Å²) in [5, 5.41) is 37.9. The van der Waals surface area contributed by atoms with Crippen molar-refractivity contribution in [1.82, 2.24) is 5.32 Å². The van der Waals surface area contributed by atoms with E-state index in [4.69, 9.17) is 15.3 Å². The van der Waals surface area contributed by atoms with Crippen LogP contribution in [-0.4, -0.2) is 57.9 Å². The fraction of sp³-hybridized carbons (Fsp3) is 1.00. The zero-order chi connectivity index (χ0) is 8.43. The third-order valence-corrected chi connectivity index (χ3v) is 1.99. The Kier molecular flexibility index (Phi) is 2.80. The number of hydrogen-bond donors (Lipinski definition) is 5. The summed E-state index contributed by atoms with van der Waals surface area (Å²) < 4.78 is 0. The number of hydrogen-bond acceptors (Lipinski definition) is 5. The summed E-state index contributed by atoms with van der Waals surface area (Å²) >= 11 is 0. The Bertz CT molecular complexity index is 132. The van der Waals surface area contributed by atoms with Gasteiger partial charge in [-0.3, -0.25) is 0 Å². The maximum absolute atomic E-state index is 9.18. The molecular weight excluding hydrogens is 150 g/mol. The van der Waals surface area contributed by atoms with Gasteiger partial charge in [0, 0.05) is 0 Å². The molecule has 4 atom stereocenters. The van der Waals surface area contributed by atoms with Crippen molar-refractivity contribution in [2.75, 3.05) is 13.2 Å². The molecule has 1 aliphatic rings. The Hall–Kier alpha value is -0.200. The minimum Gasteiger partial charge on any atom is -0.395 e. The van der Waals surface area contributed by atoms with Crippen molar-refractivity contribution in [2.24, 2.45) is 0 Å². The molecule has 1 saturated heterocycles.